The molecule has 2 atom stereocenters. The molecule has 0 bridgehead atoms. The van der Waals surface area contributed by atoms with E-state index in [1.807, 2.05) is 21.1 Å². The lowest BCUT2D eigenvalue weighted by Gasteiger charge is -2.25. The number of rotatable bonds is 81. The van der Waals surface area contributed by atoms with Gasteiger partial charge in [-0.15, -0.1) is 0 Å². The Bertz CT molecular complexity index is 2120. The van der Waals surface area contributed by atoms with Gasteiger partial charge in [-0.05, 0) is 109 Å². The minimum Gasteiger partial charge on any atom is -0.477 e. The minimum absolute atomic E-state index is 0.182. The first-order chi connectivity index (χ1) is 50.6. The fourth-order valence-corrected chi connectivity index (χ4v) is 12.6. The van der Waals surface area contributed by atoms with Crippen molar-refractivity contribution in [2.45, 2.75) is 411 Å². The number of carboxylic acids is 1. The zero-order valence-electron chi connectivity index (χ0n) is 68.2. The molecule has 2 unspecified atom stereocenters. The maximum atomic E-state index is 13.0. The number of aliphatic carboxylic acids is 1. The third-order valence-corrected chi connectivity index (χ3v) is 19.2. The van der Waals surface area contributed by atoms with Gasteiger partial charge >= 0.3 is 17.9 Å². The quantitative estimate of drug-likeness (QED) is 0.0211. The second-order valence-electron chi connectivity index (χ2n) is 30.5. The molecule has 594 valence electrons. The van der Waals surface area contributed by atoms with Gasteiger partial charge in [0.15, 0.2) is 6.10 Å². The van der Waals surface area contributed by atoms with Gasteiger partial charge < -0.3 is 28.5 Å². The lowest BCUT2D eigenvalue weighted by atomic mass is 10.0. The van der Waals surface area contributed by atoms with E-state index in [0.717, 1.165) is 96.3 Å². The highest BCUT2D eigenvalue weighted by Crippen LogP contribution is 2.20. The summed E-state index contributed by atoms with van der Waals surface area (Å²) in [5.41, 5.74) is 0. The Morgan fingerprint density at radius 3 is 0.825 bits per heavy atom. The van der Waals surface area contributed by atoms with E-state index >= 15 is 0 Å². The van der Waals surface area contributed by atoms with Gasteiger partial charge in [0.2, 0.25) is 0 Å². The molecular formula is C94H166NO8+. The summed E-state index contributed by atoms with van der Waals surface area (Å²) in [4.78, 5) is 37.8. The number of esters is 2. The van der Waals surface area contributed by atoms with Gasteiger partial charge in [-0.25, -0.2) is 4.79 Å². The summed E-state index contributed by atoms with van der Waals surface area (Å²) in [5.74, 6) is -1.99. The number of likely N-dealkylation sites (N-methyl/N-ethyl adjacent to an activating group) is 1. The maximum Gasteiger partial charge on any atom is 0.361 e. The first kappa shape index (κ1) is 98.7. The Morgan fingerprint density at radius 1 is 0.301 bits per heavy atom. The molecule has 9 nitrogen and oxygen atoms in total. The second kappa shape index (κ2) is 83.3. The molecule has 0 saturated carbocycles. The van der Waals surface area contributed by atoms with Crippen LogP contribution in [0.3, 0.4) is 0 Å². The number of hydrogen-bond donors (Lipinski definition) is 1. The predicted molar refractivity (Wildman–Crippen MR) is 447 cm³/mol. The number of ether oxygens (including phenoxy) is 4. The van der Waals surface area contributed by atoms with Gasteiger partial charge in [-0.1, -0.05) is 399 Å². The smallest absolute Gasteiger partial charge is 0.361 e. The molecule has 0 aromatic rings. The van der Waals surface area contributed by atoms with E-state index in [1.165, 1.54) is 276 Å². The zero-order valence-corrected chi connectivity index (χ0v) is 68.2. The molecule has 103 heavy (non-hydrogen) atoms. The average Bonchev–Trinajstić information content (AvgIpc) is 0.985. The predicted octanol–water partition coefficient (Wildman–Crippen LogP) is 28.6. The number of unbranched alkanes of at least 4 members (excludes halogenated alkanes) is 46. The number of quaternary nitrogens is 1. The first-order valence-corrected chi connectivity index (χ1v) is 43.7. The molecule has 9 heteroatoms. The van der Waals surface area contributed by atoms with Crippen molar-refractivity contribution in [2.75, 3.05) is 47.5 Å². The fraction of sp³-hybridized carbons (Fsp3) is 0.755. The van der Waals surface area contributed by atoms with Crippen LogP contribution in [0.4, 0.5) is 0 Å². The molecule has 0 heterocycles. The Labute approximate surface area is 637 Å². The Kier molecular flexibility index (Phi) is 79.8. The van der Waals surface area contributed by atoms with E-state index < -0.39 is 24.3 Å². The number of nitrogens with zero attached hydrogens (tertiary/aromatic N) is 1. The molecule has 1 N–H and O–H groups in total. The van der Waals surface area contributed by atoms with Crippen molar-refractivity contribution in [2.24, 2.45) is 0 Å². The molecule has 0 radical (unpaired) electrons. The molecule has 0 rings (SSSR count). The Balaban J connectivity index is 3.97. The standard InChI is InChI=1S/C94H165NO8/c1-6-8-10-12-14-16-18-20-22-24-26-28-30-32-34-36-38-40-42-44-46-48-50-52-54-56-58-60-62-64-66-68-70-72-74-76-78-80-82-84-91(96)101-88-90(89-102-94(93(98)99)100-87-86-95(3,4)5)103-92(97)85-83-81-79-77-75-73-71-69-67-65-63-61-59-57-55-53-51-49-47-45-43-41-39-37-35-33-31-29-27-25-23-21-19-17-15-13-11-9-7-2/h9,11,15,17-18,20-21,23-24,26-27,29,33,35,39,41,45,47,51,53,90,94H,6-8,10,12-14,16,19,22,25,28,30-32,34,36-38,40,42-44,46,48-50,52,54-89H2,1-5H3/p+1/b11-9-,17-15-,20-18-,23-21-,26-24-,29-27-,35-33-,41-39-,47-45-,53-51-. The van der Waals surface area contributed by atoms with Crippen LogP contribution >= 0.6 is 0 Å². The highest BCUT2D eigenvalue weighted by molar-refractivity contribution is 5.71. The molecule has 0 aliphatic heterocycles. The van der Waals surface area contributed by atoms with Crippen LogP contribution in [0, 0.1) is 0 Å². The lowest BCUT2D eigenvalue weighted by molar-refractivity contribution is -0.870. The van der Waals surface area contributed by atoms with Crippen LogP contribution in [0.25, 0.3) is 0 Å². The molecular weight excluding hydrogens is 1270 g/mol. The third-order valence-electron chi connectivity index (χ3n) is 19.2. The van der Waals surface area contributed by atoms with Crippen molar-refractivity contribution in [3.63, 3.8) is 0 Å². The summed E-state index contributed by atoms with van der Waals surface area (Å²) >= 11 is 0. The molecule has 0 saturated heterocycles. The van der Waals surface area contributed by atoms with E-state index in [-0.39, 0.29) is 32.2 Å². The van der Waals surface area contributed by atoms with E-state index in [2.05, 4.69) is 135 Å². The van der Waals surface area contributed by atoms with Crippen molar-refractivity contribution in [1.82, 2.24) is 0 Å². The number of allylic oxidation sites excluding steroid dienone is 20. The lowest BCUT2D eigenvalue weighted by Crippen LogP contribution is -2.40. The molecule has 0 aromatic heterocycles. The van der Waals surface area contributed by atoms with Crippen molar-refractivity contribution >= 4 is 17.9 Å². The Morgan fingerprint density at radius 2 is 0.553 bits per heavy atom. The zero-order chi connectivity index (χ0) is 74.6. The molecule has 0 aliphatic carbocycles. The fourth-order valence-electron chi connectivity index (χ4n) is 12.6. The van der Waals surface area contributed by atoms with Crippen molar-refractivity contribution in [1.29, 1.82) is 0 Å². The van der Waals surface area contributed by atoms with E-state index in [0.29, 0.717) is 17.4 Å². The van der Waals surface area contributed by atoms with Crippen LogP contribution in [-0.2, 0) is 33.3 Å². The number of carbonyl (C=O) groups is 3. The number of carboxylic acid groups (broad SMARTS) is 1. The van der Waals surface area contributed by atoms with Gasteiger partial charge in [0.05, 0.1) is 34.4 Å². The molecule has 0 amide bonds. The third kappa shape index (κ3) is 84.8. The first-order valence-electron chi connectivity index (χ1n) is 43.7. The summed E-state index contributed by atoms with van der Waals surface area (Å²) in [5, 5.41) is 9.79. The van der Waals surface area contributed by atoms with Crippen molar-refractivity contribution in [3.05, 3.63) is 122 Å². The van der Waals surface area contributed by atoms with Crippen LogP contribution in [-0.4, -0.2) is 87.4 Å². The van der Waals surface area contributed by atoms with E-state index in [4.69, 9.17) is 18.9 Å². The van der Waals surface area contributed by atoms with Crippen LogP contribution in [0.5, 0.6) is 0 Å². The highest BCUT2D eigenvalue weighted by Gasteiger charge is 2.25. The monoisotopic (exact) mass is 1440 g/mol. The van der Waals surface area contributed by atoms with E-state index in [9.17, 15) is 19.5 Å². The van der Waals surface area contributed by atoms with Gasteiger partial charge in [0.1, 0.15) is 13.2 Å². The molecule has 0 spiro atoms. The molecule has 0 aliphatic rings. The largest absolute Gasteiger partial charge is 0.477 e. The highest BCUT2D eigenvalue weighted by atomic mass is 16.7. The van der Waals surface area contributed by atoms with Crippen LogP contribution < -0.4 is 0 Å². The number of carbonyl (C=O) groups excluding carboxylic acids is 2. The summed E-state index contributed by atoms with van der Waals surface area (Å²) in [6.45, 7) is 4.80. The summed E-state index contributed by atoms with van der Waals surface area (Å²) in [6, 6.07) is 0. The van der Waals surface area contributed by atoms with Crippen molar-refractivity contribution < 1.29 is 42.9 Å². The van der Waals surface area contributed by atoms with Gasteiger partial charge in [0.25, 0.3) is 6.29 Å². The summed E-state index contributed by atoms with van der Waals surface area (Å²) < 4.78 is 23.1. The van der Waals surface area contributed by atoms with Crippen LogP contribution in [0.2, 0.25) is 0 Å². The van der Waals surface area contributed by atoms with Gasteiger partial charge in [-0.2, -0.15) is 0 Å². The summed E-state index contributed by atoms with van der Waals surface area (Å²) in [6.07, 6.45) is 117. The van der Waals surface area contributed by atoms with Crippen LogP contribution in [0.1, 0.15) is 399 Å². The van der Waals surface area contributed by atoms with Gasteiger partial charge in [0, 0.05) is 12.8 Å². The topological polar surface area (TPSA) is 108 Å². The molecule has 0 aromatic carbocycles. The van der Waals surface area contributed by atoms with Gasteiger partial charge in [-0.3, -0.25) is 9.59 Å². The van der Waals surface area contributed by atoms with E-state index in [1.54, 1.807) is 0 Å². The van der Waals surface area contributed by atoms with Crippen LogP contribution in [0.15, 0.2) is 122 Å². The normalized spacial score (nSPS) is 13.2. The summed E-state index contributed by atoms with van der Waals surface area (Å²) in [7, 11) is 5.99. The second-order valence-corrected chi connectivity index (χ2v) is 30.5. The average molecular weight is 1440 g/mol. The van der Waals surface area contributed by atoms with Crippen molar-refractivity contribution in [3.8, 4) is 0 Å². The molecule has 0 fully saturated rings. The Hall–Kier alpha value is -4.31. The SMILES string of the molecule is CC/C=C\C/C=C\C/C=C\C/C=C\C/C=C\C/C=C\C/C=C\C/C=C\CCCCCCCCCCCCCCCCC(=O)OC(COC(=O)CCCCCCCCCCCCCCCCCCCCCCCCCCCCC/C=C\C/C=C\CCCCCCC)COC(OCC[N+](C)(C)C)C(=O)O. The minimum atomic E-state index is -1.52. The maximum absolute atomic E-state index is 13.0. The number of hydrogen-bond acceptors (Lipinski definition) is 7.